The van der Waals surface area contributed by atoms with Crippen LogP contribution in [0, 0.1) is 0 Å². The predicted molar refractivity (Wildman–Crippen MR) is 134 cm³/mol. The van der Waals surface area contributed by atoms with Crippen molar-refractivity contribution in [2.75, 3.05) is 11.9 Å². The second kappa shape index (κ2) is 10.0. The number of rotatable bonds is 9. The number of amides is 1. The molecule has 0 saturated heterocycles. The van der Waals surface area contributed by atoms with Crippen LogP contribution in [-0.4, -0.2) is 44.8 Å². The van der Waals surface area contributed by atoms with Crippen molar-refractivity contribution in [3.8, 4) is 22.9 Å². The molecule has 0 spiro atoms. The monoisotopic (exact) mass is 472 g/mol. The molecule has 1 aliphatic carbocycles. The van der Waals surface area contributed by atoms with E-state index in [-0.39, 0.29) is 24.7 Å². The van der Waals surface area contributed by atoms with E-state index in [0.29, 0.717) is 17.4 Å². The van der Waals surface area contributed by atoms with E-state index in [9.17, 15) is 4.79 Å². The fourth-order valence-corrected chi connectivity index (χ4v) is 3.83. The molecule has 5 rings (SSSR count). The summed E-state index contributed by atoms with van der Waals surface area (Å²) < 4.78 is 11.6. The molecule has 0 aliphatic heterocycles. The van der Waals surface area contributed by atoms with Gasteiger partial charge in [-0.05, 0) is 63.4 Å². The number of hydrogen-bond acceptors (Lipinski definition) is 7. The molecular weight excluding hydrogens is 444 g/mol. The first-order valence-electron chi connectivity index (χ1n) is 11.8. The fraction of sp³-hybridized carbons (Fsp3) is 0.308. The van der Waals surface area contributed by atoms with Gasteiger partial charge in [-0.2, -0.15) is 5.10 Å². The lowest BCUT2D eigenvalue weighted by Crippen LogP contribution is -2.41. The van der Waals surface area contributed by atoms with Gasteiger partial charge in [-0.3, -0.25) is 9.89 Å². The van der Waals surface area contributed by atoms with Gasteiger partial charge < -0.3 is 20.1 Å². The van der Waals surface area contributed by atoms with E-state index in [2.05, 4.69) is 20.8 Å². The largest absolute Gasteiger partial charge is 0.491 e. The Morgan fingerprint density at radius 3 is 2.77 bits per heavy atom. The van der Waals surface area contributed by atoms with Crippen molar-refractivity contribution in [1.29, 1.82) is 0 Å². The molecule has 0 unspecified atom stereocenters. The Bertz CT molecular complexity index is 1320. The maximum atomic E-state index is 12.1. The molecule has 3 N–H and O–H groups in total. The van der Waals surface area contributed by atoms with Crippen molar-refractivity contribution in [1.82, 2.24) is 25.5 Å². The molecule has 9 nitrogen and oxygen atoms in total. The first-order valence-corrected chi connectivity index (χ1v) is 11.8. The van der Waals surface area contributed by atoms with E-state index in [1.54, 1.807) is 12.4 Å². The summed E-state index contributed by atoms with van der Waals surface area (Å²) in [5.41, 5.74) is 2.32. The summed E-state index contributed by atoms with van der Waals surface area (Å²) in [4.78, 5) is 21.7. The normalized spacial score (nSPS) is 13.5. The number of nitrogens with one attached hydrogen (secondary N) is 3. The van der Waals surface area contributed by atoms with Crippen LogP contribution in [0.25, 0.3) is 22.3 Å². The van der Waals surface area contributed by atoms with Crippen LogP contribution in [0.2, 0.25) is 0 Å². The molecule has 35 heavy (non-hydrogen) atoms. The van der Waals surface area contributed by atoms with E-state index < -0.39 is 0 Å². The van der Waals surface area contributed by atoms with Gasteiger partial charge in [-0.15, -0.1) is 0 Å². The maximum absolute atomic E-state index is 12.1. The lowest BCUT2D eigenvalue weighted by Gasteiger charge is -2.26. The molecule has 1 saturated carbocycles. The van der Waals surface area contributed by atoms with Crippen LogP contribution in [-0.2, 0) is 4.79 Å². The Morgan fingerprint density at radius 2 is 2.03 bits per heavy atom. The third kappa shape index (κ3) is 5.51. The summed E-state index contributed by atoms with van der Waals surface area (Å²) in [5.74, 6) is 2.39. The Morgan fingerprint density at radius 1 is 1.14 bits per heavy atom. The first-order chi connectivity index (χ1) is 17.0. The van der Waals surface area contributed by atoms with Crippen molar-refractivity contribution >= 4 is 28.3 Å². The van der Waals surface area contributed by atoms with Gasteiger partial charge in [0.1, 0.15) is 17.3 Å². The average Bonchev–Trinajstić information content (AvgIpc) is 3.33. The molecule has 180 valence electrons. The van der Waals surface area contributed by atoms with E-state index in [1.165, 1.54) is 6.42 Å². The molecule has 4 aromatic rings. The van der Waals surface area contributed by atoms with Crippen LogP contribution >= 0.6 is 0 Å². The van der Waals surface area contributed by atoms with Crippen LogP contribution < -0.4 is 20.1 Å². The number of hydrogen-bond donors (Lipinski definition) is 3. The van der Waals surface area contributed by atoms with Gasteiger partial charge in [0.05, 0.1) is 23.5 Å². The van der Waals surface area contributed by atoms with Crippen LogP contribution in [0.15, 0.2) is 54.9 Å². The summed E-state index contributed by atoms with van der Waals surface area (Å²) >= 11 is 0. The Hall–Kier alpha value is -4.14. The van der Waals surface area contributed by atoms with E-state index in [0.717, 1.165) is 40.7 Å². The molecule has 2 aromatic carbocycles. The zero-order chi connectivity index (χ0) is 24.2. The lowest BCUT2D eigenvalue weighted by molar-refractivity contribution is -0.124. The van der Waals surface area contributed by atoms with Crippen molar-refractivity contribution in [2.45, 2.75) is 45.3 Å². The van der Waals surface area contributed by atoms with Crippen molar-refractivity contribution < 1.29 is 14.3 Å². The second-order valence-electron chi connectivity index (χ2n) is 8.87. The Labute approximate surface area is 203 Å². The maximum Gasteiger partial charge on any atom is 0.258 e. The fourth-order valence-electron chi connectivity index (χ4n) is 3.83. The van der Waals surface area contributed by atoms with Gasteiger partial charge in [0.15, 0.2) is 12.4 Å². The number of carbonyl (C=O) groups excluding carboxylic acids is 1. The topological polar surface area (TPSA) is 114 Å². The number of carbonyl (C=O) groups is 1. The third-order valence-electron chi connectivity index (χ3n) is 5.73. The van der Waals surface area contributed by atoms with Gasteiger partial charge in [0.25, 0.3) is 5.91 Å². The number of nitrogens with zero attached hydrogens (tertiary/aromatic N) is 3. The molecule has 1 amide bonds. The first kappa shape index (κ1) is 22.6. The predicted octanol–water partition coefficient (Wildman–Crippen LogP) is 4.60. The van der Waals surface area contributed by atoms with Gasteiger partial charge in [0.2, 0.25) is 0 Å². The molecule has 2 heterocycles. The van der Waals surface area contributed by atoms with Gasteiger partial charge in [-0.25, -0.2) is 9.97 Å². The SMILES string of the molecule is CC(C)Oc1ccc2nc(-c3cccc(OCC(=O)NC4CCC4)c3)nc(Nc3cn[nH]c3)c2c1. The summed E-state index contributed by atoms with van der Waals surface area (Å²) in [6, 6.07) is 13.5. The molecule has 1 fully saturated rings. The smallest absolute Gasteiger partial charge is 0.258 e. The molecular formula is C26H28N6O3. The molecule has 0 bridgehead atoms. The van der Waals surface area contributed by atoms with E-state index in [4.69, 9.17) is 19.4 Å². The number of ether oxygens (including phenoxy) is 2. The molecule has 0 atom stereocenters. The number of aromatic amines is 1. The number of aromatic nitrogens is 4. The molecule has 2 aromatic heterocycles. The highest BCUT2D eigenvalue weighted by Gasteiger charge is 2.19. The molecule has 9 heteroatoms. The zero-order valence-electron chi connectivity index (χ0n) is 19.7. The highest BCUT2D eigenvalue weighted by Crippen LogP contribution is 2.31. The van der Waals surface area contributed by atoms with Crippen LogP contribution in [0.3, 0.4) is 0 Å². The Kier molecular flexibility index (Phi) is 6.47. The molecule has 1 aliphatic rings. The van der Waals surface area contributed by atoms with E-state index in [1.807, 2.05) is 56.3 Å². The average molecular weight is 473 g/mol. The van der Waals surface area contributed by atoms with Crippen molar-refractivity contribution in [2.24, 2.45) is 0 Å². The lowest BCUT2D eigenvalue weighted by atomic mass is 9.93. The van der Waals surface area contributed by atoms with E-state index >= 15 is 0 Å². The highest BCUT2D eigenvalue weighted by molar-refractivity contribution is 5.93. The third-order valence-corrected chi connectivity index (χ3v) is 5.73. The Balaban J connectivity index is 1.43. The van der Waals surface area contributed by atoms with Gasteiger partial charge in [0, 0.05) is 23.2 Å². The standard InChI is InChI=1S/C26H28N6O3/c1-16(2)35-21-9-10-23-22(12-21)26(30-19-13-27-28-14-19)32-25(31-23)17-5-3-8-20(11-17)34-15-24(33)29-18-6-4-7-18/h3,5,8-14,16,18H,4,6-7,15H2,1-2H3,(H,27,28)(H,29,33)(H,30,31,32). The quantitative estimate of drug-likeness (QED) is 0.326. The van der Waals surface area contributed by atoms with Crippen LogP contribution in [0.1, 0.15) is 33.1 Å². The summed E-state index contributed by atoms with van der Waals surface area (Å²) in [7, 11) is 0. The van der Waals surface area contributed by atoms with Crippen molar-refractivity contribution in [3.63, 3.8) is 0 Å². The summed E-state index contributed by atoms with van der Waals surface area (Å²) in [6.45, 7) is 3.95. The summed E-state index contributed by atoms with van der Waals surface area (Å²) in [5, 5.41) is 13.9. The number of anilines is 2. The highest BCUT2D eigenvalue weighted by atomic mass is 16.5. The van der Waals surface area contributed by atoms with Gasteiger partial charge >= 0.3 is 0 Å². The minimum Gasteiger partial charge on any atom is -0.491 e. The number of fused-ring (bicyclic) bond motifs is 1. The molecule has 0 radical (unpaired) electrons. The van der Waals surface area contributed by atoms with Crippen LogP contribution in [0.5, 0.6) is 11.5 Å². The van der Waals surface area contributed by atoms with Crippen LogP contribution in [0.4, 0.5) is 11.5 Å². The number of H-pyrrole nitrogens is 1. The summed E-state index contributed by atoms with van der Waals surface area (Å²) in [6.07, 6.45) is 6.75. The van der Waals surface area contributed by atoms with Gasteiger partial charge in [-0.1, -0.05) is 12.1 Å². The minimum absolute atomic E-state index is 0.0234. The second-order valence-corrected chi connectivity index (χ2v) is 8.87. The number of benzene rings is 2. The minimum atomic E-state index is -0.104. The zero-order valence-corrected chi connectivity index (χ0v) is 19.7. The van der Waals surface area contributed by atoms with Crippen molar-refractivity contribution in [3.05, 3.63) is 54.9 Å².